The van der Waals surface area contributed by atoms with Crippen molar-refractivity contribution >= 4 is 17.6 Å². The zero-order valence-corrected chi connectivity index (χ0v) is 19.0. The van der Waals surface area contributed by atoms with E-state index in [0.29, 0.717) is 39.0 Å². The Balaban J connectivity index is 1.31. The Bertz CT molecular complexity index is 939. The summed E-state index contributed by atoms with van der Waals surface area (Å²) in [7, 11) is 0. The number of anilines is 1. The molecule has 0 bridgehead atoms. The molecule has 6 nitrogen and oxygen atoms in total. The number of hydrogen-bond donors (Lipinski definition) is 1. The predicted octanol–water partition coefficient (Wildman–Crippen LogP) is 4.16. The van der Waals surface area contributed by atoms with Crippen LogP contribution in [0.15, 0.2) is 48.5 Å². The SMILES string of the molecule is CCC1CN(C(=O)N2CCC(C(=O)NCCc3ccccc3)CC2)c2cc(C)ccc2O1. The molecule has 0 saturated carbocycles. The average molecular weight is 436 g/mol. The van der Waals surface area contributed by atoms with E-state index < -0.39 is 0 Å². The van der Waals surface area contributed by atoms with Crippen molar-refractivity contribution < 1.29 is 14.3 Å². The standard InChI is InChI=1S/C26H33N3O3/c1-3-22-18-29(23-17-19(2)9-10-24(23)32-22)26(31)28-15-12-21(13-16-28)25(30)27-14-11-20-7-5-4-6-8-20/h4-10,17,21-22H,3,11-16,18H2,1-2H3,(H,27,30). The van der Waals surface area contributed by atoms with Gasteiger partial charge in [-0.25, -0.2) is 4.79 Å². The second-order valence-electron chi connectivity index (χ2n) is 8.80. The maximum atomic E-state index is 13.4. The van der Waals surface area contributed by atoms with Crippen molar-refractivity contribution in [3.8, 4) is 5.75 Å². The minimum atomic E-state index is -0.0302. The molecule has 2 aliphatic rings. The van der Waals surface area contributed by atoms with Crippen LogP contribution in [-0.2, 0) is 11.2 Å². The number of rotatable bonds is 5. The number of ether oxygens (including phenoxy) is 1. The zero-order chi connectivity index (χ0) is 22.5. The molecule has 1 saturated heterocycles. The molecule has 170 valence electrons. The minimum Gasteiger partial charge on any atom is -0.486 e. The number of amides is 3. The summed E-state index contributed by atoms with van der Waals surface area (Å²) in [6.45, 7) is 6.51. The molecule has 32 heavy (non-hydrogen) atoms. The van der Waals surface area contributed by atoms with Crippen LogP contribution in [0.1, 0.15) is 37.3 Å². The van der Waals surface area contributed by atoms with E-state index in [1.165, 1.54) is 5.56 Å². The predicted molar refractivity (Wildman–Crippen MR) is 126 cm³/mol. The van der Waals surface area contributed by atoms with E-state index in [0.717, 1.165) is 29.8 Å². The first-order chi connectivity index (χ1) is 15.5. The number of benzene rings is 2. The highest BCUT2D eigenvalue weighted by atomic mass is 16.5. The van der Waals surface area contributed by atoms with Crippen LogP contribution in [0, 0.1) is 12.8 Å². The van der Waals surface area contributed by atoms with E-state index in [9.17, 15) is 9.59 Å². The lowest BCUT2D eigenvalue weighted by molar-refractivity contribution is -0.126. The van der Waals surface area contributed by atoms with Gasteiger partial charge in [0, 0.05) is 25.6 Å². The summed E-state index contributed by atoms with van der Waals surface area (Å²) in [5.74, 6) is 0.846. The molecular weight excluding hydrogens is 402 g/mol. The van der Waals surface area contributed by atoms with Gasteiger partial charge in [0.2, 0.25) is 5.91 Å². The molecular formula is C26H33N3O3. The number of urea groups is 1. The van der Waals surface area contributed by atoms with E-state index in [-0.39, 0.29) is 24.0 Å². The quantitative estimate of drug-likeness (QED) is 0.767. The number of nitrogens with zero attached hydrogens (tertiary/aromatic N) is 2. The fraction of sp³-hybridized carbons (Fsp3) is 0.462. The lowest BCUT2D eigenvalue weighted by atomic mass is 9.96. The number of carbonyl (C=O) groups is 2. The van der Waals surface area contributed by atoms with E-state index in [2.05, 4.69) is 24.4 Å². The fourth-order valence-electron chi connectivity index (χ4n) is 4.47. The fourth-order valence-corrected chi connectivity index (χ4v) is 4.47. The maximum Gasteiger partial charge on any atom is 0.324 e. The molecule has 2 aromatic carbocycles. The molecule has 0 spiro atoms. The summed E-state index contributed by atoms with van der Waals surface area (Å²) in [4.78, 5) is 29.7. The Kier molecular flexibility index (Phi) is 6.98. The van der Waals surface area contributed by atoms with Gasteiger partial charge in [0.25, 0.3) is 0 Å². The summed E-state index contributed by atoms with van der Waals surface area (Å²) >= 11 is 0. The Labute approximate surface area is 190 Å². The van der Waals surface area contributed by atoms with Crippen LogP contribution in [0.25, 0.3) is 0 Å². The third-order valence-corrected chi connectivity index (χ3v) is 6.46. The number of carbonyl (C=O) groups excluding carboxylic acids is 2. The summed E-state index contributed by atoms with van der Waals surface area (Å²) in [6, 6.07) is 16.2. The number of aryl methyl sites for hydroxylation is 1. The second-order valence-corrected chi connectivity index (χ2v) is 8.80. The largest absolute Gasteiger partial charge is 0.486 e. The van der Waals surface area contributed by atoms with Gasteiger partial charge in [-0.05, 0) is 55.9 Å². The Hall–Kier alpha value is -3.02. The van der Waals surface area contributed by atoms with E-state index in [1.54, 1.807) is 0 Å². The highest BCUT2D eigenvalue weighted by Crippen LogP contribution is 2.36. The van der Waals surface area contributed by atoms with Crippen molar-refractivity contribution in [2.24, 2.45) is 5.92 Å². The topological polar surface area (TPSA) is 61.9 Å². The molecule has 3 amide bonds. The number of piperidine rings is 1. The third kappa shape index (κ3) is 5.06. The number of hydrogen-bond acceptors (Lipinski definition) is 3. The molecule has 1 fully saturated rings. The van der Waals surface area contributed by atoms with Gasteiger partial charge in [0.1, 0.15) is 11.9 Å². The highest BCUT2D eigenvalue weighted by Gasteiger charge is 2.34. The summed E-state index contributed by atoms with van der Waals surface area (Å²) in [5.41, 5.74) is 3.17. The number of likely N-dealkylation sites (tertiary alicyclic amines) is 1. The summed E-state index contributed by atoms with van der Waals surface area (Å²) in [5, 5.41) is 3.07. The molecule has 2 aliphatic heterocycles. The minimum absolute atomic E-state index is 0.00193. The van der Waals surface area contributed by atoms with E-state index >= 15 is 0 Å². The Morgan fingerprint density at radius 1 is 1.09 bits per heavy atom. The molecule has 1 atom stereocenters. The molecule has 0 radical (unpaired) electrons. The van der Waals surface area contributed by atoms with Crippen molar-refractivity contribution in [3.63, 3.8) is 0 Å². The van der Waals surface area contributed by atoms with Crippen LogP contribution in [0.2, 0.25) is 0 Å². The molecule has 6 heteroatoms. The van der Waals surface area contributed by atoms with Gasteiger partial charge in [-0.3, -0.25) is 9.69 Å². The van der Waals surface area contributed by atoms with Crippen LogP contribution >= 0.6 is 0 Å². The smallest absolute Gasteiger partial charge is 0.324 e. The van der Waals surface area contributed by atoms with Crippen LogP contribution in [0.4, 0.5) is 10.5 Å². The molecule has 1 unspecified atom stereocenters. The number of nitrogens with one attached hydrogen (secondary N) is 1. The first kappa shape index (κ1) is 22.2. The van der Waals surface area contributed by atoms with Crippen LogP contribution < -0.4 is 15.0 Å². The molecule has 2 aromatic rings. The summed E-state index contributed by atoms with van der Waals surface area (Å²) < 4.78 is 6.06. The van der Waals surface area contributed by atoms with Gasteiger partial charge < -0.3 is 15.0 Å². The molecule has 1 N–H and O–H groups in total. The first-order valence-corrected chi connectivity index (χ1v) is 11.7. The van der Waals surface area contributed by atoms with Gasteiger partial charge in [0.05, 0.1) is 12.2 Å². The van der Waals surface area contributed by atoms with Gasteiger partial charge in [-0.1, -0.05) is 43.3 Å². The van der Waals surface area contributed by atoms with Crippen LogP contribution in [0.5, 0.6) is 5.75 Å². The van der Waals surface area contributed by atoms with Crippen molar-refractivity contribution in [2.75, 3.05) is 31.1 Å². The van der Waals surface area contributed by atoms with Gasteiger partial charge in [0.15, 0.2) is 0 Å². The lowest BCUT2D eigenvalue weighted by Gasteiger charge is -2.39. The van der Waals surface area contributed by atoms with Gasteiger partial charge in [-0.15, -0.1) is 0 Å². The second kappa shape index (κ2) is 10.1. The van der Waals surface area contributed by atoms with Crippen molar-refractivity contribution in [1.29, 1.82) is 0 Å². The third-order valence-electron chi connectivity index (χ3n) is 6.46. The average Bonchev–Trinajstić information content (AvgIpc) is 2.83. The zero-order valence-electron chi connectivity index (χ0n) is 19.0. The van der Waals surface area contributed by atoms with Crippen molar-refractivity contribution in [1.82, 2.24) is 10.2 Å². The van der Waals surface area contributed by atoms with E-state index in [4.69, 9.17) is 4.74 Å². The van der Waals surface area contributed by atoms with E-state index in [1.807, 2.05) is 53.1 Å². The molecule has 4 rings (SSSR count). The van der Waals surface area contributed by atoms with Gasteiger partial charge in [-0.2, -0.15) is 0 Å². The Morgan fingerprint density at radius 2 is 1.84 bits per heavy atom. The molecule has 2 heterocycles. The summed E-state index contributed by atoms with van der Waals surface area (Å²) in [6.07, 6.45) is 3.08. The molecule has 0 aromatic heterocycles. The number of fused-ring (bicyclic) bond motifs is 1. The van der Waals surface area contributed by atoms with Crippen molar-refractivity contribution in [3.05, 3.63) is 59.7 Å². The van der Waals surface area contributed by atoms with Crippen LogP contribution in [-0.4, -0.2) is 49.1 Å². The Morgan fingerprint density at radius 3 is 2.56 bits per heavy atom. The van der Waals surface area contributed by atoms with Crippen LogP contribution in [0.3, 0.4) is 0 Å². The lowest BCUT2D eigenvalue weighted by Crippen LogP contribution is -2.52. The maximum absolute atomic E-state index is 13.4. The monoisotopic (exact) mass is 435 g/mol. The first-order valence-electron chi connectivity index (χ1n) is 11.7. The molecule has 0 aliphatic carbocycles. The van der Waals surface area contributed by atoms with Crippen molar-refractivity contribution in [2.45, 2.75) is 45.6 Å². The normalized spacial score (nSPS) is 18.6. The van der Waals surface area contributed by atoms with Gasteiger partial charge >= 0.3 is 6.03 Å². The highest BCUT2D eigenvalue weighted by molar-refractivity contribution is 5.94.